The molecule has 0 aliphatic rings. The third kappa shape index (κ3) is 1.44. The molecular weight excluding hydrogens is 317 g/mol. The lowest BCUT2D eigenvalue weighted by Gasteiger charge is -1.90. The summed E-state index contributed by atoms with van der Waals surface area (Å²) in [7, 11) is 0. The molecule has 0 saturated carbocycles. The molecule has 0 radical (unpaired) electrons. The molecule has 0 fully saturated rings. The van der Waals surface area contributed by atoms with Gasteiger partial charge in [0.1, 0.15) is 9.32 Å². The highest BCUT2D eigenvalue weighted by Gasteiger charge is 2.19. The normalized spacial score (nSPS) is 10.6. The summed E-state index contributed by atoms with van der Waals surface area (Å²) in [5.74, 6) is 0.128. The quantitative estimate of drug-likeness (QED) is 0.499. The first-order valence-electron chi connectivity index (χ1n) is 3.65. The van der Waals surface area contributed by atoms with E-state index in [0.717, 1.165) is 21.4 Å². The summed E-state index contributed by atoms with van der Waals surface area (Å²) in [6, 6.07) is 4.75. The molecule has 2 rings (SSSR count). The molecular formula is C8H4INO3S. The largest absolute Gasteiger partial charge is 0.508 e. The monoisotopic (exact) mass is 321 g/mol. The summed E-state index contributed by atoms with van der Waals surface area (Å²) in [4.78, 5) is 10.2. The zero-order valence-corrected chi connectivity index (χ0v) is 9.70. The summed E-state index contributed by atoms with van der Waals surface area (Å²) >= 11 is 3.05. The number of nitro groups is 1. The first-order valence-corrected chi connectivity index (χ1v) is 5.54. The maximum atomic E-state index is 10.6. The van der Waals surface area contributed by atoms with Crippen LogP contribution in [-0.4, -0.2) is 10.0 Å². The molecule has 0 unspecified atom stereocenters. The van der Waals surface area contributed by atoms with Crippen molar-refractivity contribution in [2.24, 2.45) is 0 Å². The summed E-state index contributed by atoms with van der Waals surface area (Å²) in [6.45, 7) is 0. The molecule has 0 aliphatic heterocycles. The van der Waals surface area contributed by atoms with E-state index in [4.69, 9.17) is 0 Å². The number of rotatable bonds is 1. The highest BCUT2D eigenvalue weighted by atomic mass is 127. The van der Waals surface area contributed by atoms with Crippen LogP contribution in [0.4, 0.5) is 5.00 Å². The summed E-state index contributed by atoms with van der Waals surface area (Å²) < 4.78 is 1.41. The molecule has 6 heteroatoms. The van der Waals surface area contributed by atoms with Gasteiger partial charge < -0.3 is 5.11 Å². The number of hydrogen-bond donors (Lipinski definition) is 1. The fraction of sp³-hybridized carbons (Fsp3) is 0. The molecule has 0 spiro atoms. The Hall–Kier alpha value is -0.890. The average molecular weight is 321 g/mol. The van der Waals surface area contributed by atoms with E-state index in [1.807, 2.05) is 22.6 Å². The van der Waals surface area contributed by atoms with Crippen LogP contribution in [0.3, 0.4) is 0 Å². The lowest BCUT2D eigenvalue weighted by atomic mass is 10.2. The Morgan fingerprint density at radius 2 is 2.21 bits per heavy atom. The molecule has 0 atom stereocenters. The smallest absolute Gasteiger partial charge is 0.338 e. The second-order valence-corrected chi connectivity index (χ2v) is 4.77. The second kappa shape index (κ2) is 3.35. The van der Waals surface area contributed by atoms with Crippen LogP contribution in [0.5, 0.6) is 5.75 Å². The Bertz CT molecular complexity index is 523. The van der Waals surface area contributed by atoms with E-state index in [9.17, 15) is 15.2 Å². The molecule has 72 valence electrons. The van der Waals surface area contributed by atoms with Gasteiger partial charge in [-0.3, -0.25) is 10.1 Å². The van der Waals surface area contributed by atoms with Crippen molar-refractivity contribution in [2.75, 3.05) is 0 Å². The first-order chi connectivity index (χ1) is 6.59. The molecule has 14 heavy (non-hydrogen) atoms. The van der Waals surface area contributed by atoms with E-state index in [2.05, 4.69) is 0 Å². The first kappa shape index (κ1) is 9.66. The predicted molar refractivity (Wildman–Crippen MR) is 62.9 cm³/mol. The van der Waals surface area contributed by atoms with E-state index in [1.165, 1.54) is 6.07 Å². The Morgan fingerprint density at radius 3 is 2.86 bits per heavy atom. The van der Waals surface area contributed by atoms with Gasteiger partial charge in [-0.25, -0.2) is 0 Å². The van der Waals surface area contributed by atoms with Crippen molar-refractivity contribution in [1.29, 1.82) is 0 Å². The number of phenolic OH excluding ortho intramolecular Hbond substituents is 1. The van der Waals surface area contributed by atoms with Crippen molar-refractivity contribution in [3.05, 3.63) is 31.9 Å². The van der Waals surface area contributed by atoms with E-state index in [0.29, 0.717) is 3.57 Å². The third-order valence-corrected chi connectivity index (χ3v) is 4.34. The van der Waals surface area contributed by atoms with Gasteiger partial charge in [0.25, 0.3) is 0 Å². The molecule has 0 amide bonds. The van der Waals surface area contributed by atoms with Gasteiger partial charge >= 0.3 is 5.00 Å². The van der Waals surface area contributed by atoms with Gasteiger partial charge in [-0.15, -0.1) is 0 Å². The third-order valence-electron chi connectivity index (χ3n) is 1.76. The van der Waals surface area contributed by atoms with E-state index >= 15 is 0 Å². The van der Waals surface area contributed by atoms with Crippen molar-refractivity contribution in [3.63, 3.8) is 0 Å². The Morgan fingerprint density at radius 1 is 1.50 bits per heavy atom. The maximum absolute atomic E-state index is 10.6. The van der Waals surface area contributed by atoms with E-state index in [1.54, 1.807) is 12.1 Å². The van der Waals surface area contributed by atoms with Gasteiger partial charge in [0.05, 0.1) is 4.92 Å². The molecule has 1 aromatic heterocycles. The molecule has 1 heterocycles. The van der Waals surface area contributed by atoms with Crippen LogP contribution < -0.4 is 0 Å². The maximum Gasteiger partial charge on any atom is 0.338 e. The second-order valence-electron chi connectivity index (χ2n) is 2.66. The van der Waals surface area contributed by atoms with Crippen LogP contribution in [0.25, 0.3) is 10.1 Å². The van der Waals surface area contributed by atoms with Crippen molar-refractivity contribution < 1.29 is 10.0 Å². The van der Waals surface area contributed by atoms with Crippen LogP contribution in [0.15, 0.2) is 18.2 Å². The number of thiophene rings is 1. The number of hydrogen-bond acceptors (Lipinski definition) is 4. The SMILES string of the molecule is O=[N+]([O-])c1sc2ccc(O)cc2c1I. The van der Waals surface area contributed by atoms with Crippen molar-refractivity contribution in [3.8, 4) is 5.75 Å². The summed E-state index contributed by atoms with van der Waals surface area (Å²) in [6.07, 6.45) is 0. The number of halogens is 1. The van der Waals surface area contributed by atoms with Crippen LogP contribution in [0, 0.1) is 13.7 Å². The summed E-state index contributed by atoms with van der Waals surface area (Å²) in [5, 5.41) is 20.7. The van der Waals surface area contributed by atoms with Gasteiger partial charge in [-0.1, -0.05) is 11.3 Å². The minimum Gasteiger partial charge on any atom is -0.508 e. The number of benzene rings is 1. The van der Waals surface area contributed by atoms with Gasteiger partial charge in [-0.2, -0.15) is 0 Å². The highest BCUT2D eigenvalue weighted by Crippen LogP contribution is 2.39. The zero-order chi connectivity index (χ0) is 10.3. The van der Waals surface area contributed by atoms with Gasteiger partial charge in [-0.05, 0) is 40.8 Å². The topological polar surface area (TPSA) is 63.4 Å². The van der Waals surface area contributed by atoms with Crippen molar-refractivity contribution >= 4 is 49.0 Å². The standard InChI is InChI=1S/C8H4INO3S/c9-7-5-3-4(11)1-2-6(5)14-8(7)10(12)13/h1-3,11H. The minimum absolute atomic E-state index is 0.128. The average Bonchev–Trinajstić information content (AvgIpc) is 2.44. The van der Waals surface area contributed by atoms with Gasteiger partial charge in [0, 0.05) is 10.1 Å². The van der Waals surface area contributed by atoms with E-state index < -0.39 is 4.92 Å². The number of aromatic hydroxyl groups is 1. The zero-order valence-electron chi connectivity index (χ0n) is 6.73. The fourth-order valence-corrected chi connectivity index (χ4v) is 3.21. The Labute approximate surface area is 96.5 Å². The lowest BCUT2D eigenvalue weighted by Crippen LogP contribution is -1.84. The molecule has 0 saturated heterocycles. The number of nitrogens with zero attached hydrogens (tertiary/aromatic N) is 1. The van der Waals surface area contributed by atoms with Crippen LogP contribution in [-0.2, 0) is 0 Å². The van der Waals surface area contributed by atoms with Crippen molar-refractivity contribution in [1.82, 2.24) is 0 Å². The number of phenols is 1. The lowest BCUT2D eigenvalue weighted by molar-refractivity contribution is -0.381. The molecule has 0 aliphatic carbocycles. The highest BCUT2D eigenvalue weighted by molar-refractivity contribution is 14.1. The predicted octanol–water partition coefficient (Wildman–Crippen LogP) is 3.12. The van der Waals surface area contributed by atoms with Gasteiger partial charge in [0.15, 0.2) is 0 Å². The molecule has 1 aromatic carbocycles. The Balaban J connectivity index is 2.80. The van der Waals surface area contributed by atoms with Crippen LogP contribution in [0.1, 0.15) is 0 Å². The molecule has 0 bridgehead atoms. The summed E-state index contributed by atoms with van der Waals surface area (Å²) in [5.41, 5.74) is 0. The fourth-order valence-electron chi connectivity index (χ4n) is 1.16. The molecule has 2 aromatic rings. The number of fused-ring (bicyclic) bond motifs is 1. The minimum atomic E-state index is -0.399. The molecule has 1 N–H and O–H groups in total. The van der Waals surface area contributed by atoms with Crippen molar-refractivity contribution in [2.45, 2.75) is 0 Å². The van der Waals surface area contributed by atoms with Crippen LogP contribution in [0.2, 0.25) is 0 Å². The van der Waals surface area contributed by atoms with Gasteiger partial charge in [0.2, 0.25) is 0 Å². The Kier molecular flexibility index (Phi) is 2.31. The van der Waals surface area contributed by atoms with E-state index in [-0.39, 0.29) is 10.8 Å². The van der Waals surface area contributed by atoms with Crippen LogP contribution >= 0.6 is 33.9 Å². The molecule has 4 nitrogen and oxygen atoms in total.